The maximum absolute atomic E-state index is 4.26. The van der Waals surface area contributed by atoms with Gasteiger partial charge in [0.2, 0.25) is 0 Å². The minimum atomic E-state index is 0.472. The SMILES string of the molecule is CNCc1ccccc1-n1cncc1C(C)C. The monoisotopic (exact) mass is 229 g/mol. The smallest absolute Gasteiger partial charge is 0.0994 e. The largest absolute Gasteiger partial charge is 0.316 e. The van der Waals surface area contributed by atoms with Crippen LogP contribution < -0.4 is 5.32 Å². The third kappa shape index (κ3) is 2.39. The third-order valence-electron chi connectivity index (χ3n) is 2.88. The van der Waals surface area contributed by atoms with E-state index in [1.165, 1.54) is 16.9 Å². The molecule has 1 aromatic carbocycles. The van der Waals surface area contributed by atoms with E-state index in [9.17, 15) is 0 Å². The first-order chi connectivity index (χ1) is 8.24. The first-order valence-corrected chi connectivity index (χ1v) is 5.99. The van der Waals surface area contributed by atoms with Gasteiger partial charge in [0.05, 0.1) is 12.0 Å². The topological polar surface area (TPSA) is 29.9 Å². The Balaban J connectivity index is 2.48. The average molecular weight is 229 g/mol. The van der Waals surface area contributed by atoms with Crippen molar-refractivity contribution < 1.29 is 0 Å². The maximum atomic E-state index is 4.26. The van der Waals surface area contributed by atoms with Gasteiger partial charge in [-0.05, 0) is 24.6 Å². The van der Waals surface area contributed by atoms with Gasteiger partial charge in [-0.2, -0.15) is 0 Å². The summed E-state index contributed by atoms with van der Waals surface area (Å²) in [7, 11) is 1.97. The molecule has 0 fully saturated rings. The number of rotatable bonds is 4. The Kier molecular flexibility index (Phi) is 3.59. The summed E-state index contributed by atoms with van der Waals surface area (Å²) in [5.41, 5.74) is 3.74. The Morgan fingerprint density at radius 1 is 1.29 bits per heavy atom. The van der Waals surface area contributed by atoms with E-state index in [4.69, 9.17) is 0 Å². The van der Waals surface area contributed by atoms with Crippen molar-refractivity contribution in [1.29, 1.82) is 0 Å². The van der Waals surface area contributed by atoms with Gasteiger partial charge in [0.15, 0.2) is 0 Å². The molecule has 3 nitrogen and oxygen atoms in total. The maximum Gasteiger partial charge on any atom is 0.0994 e. The molecule has 0 atom stereocenters. The summed E-state index contributed by atoms with van der Waals surface area (Å²) in [5, 5.41) is 3.20. The lowest BCUT2D eigenvalue weighted by Crippen LogP contribution is -2.10. The molecule has 0 amide bonds. The summed E-state index contributed by atoms with van der Waals surface area (Å²) >= 11 is 0. The van der Waals surface area contributed by atoms with Crippen molar-refractivity contribution in [2.24, 2.45) is 0 Å². The lowest BCUT2D eigenvalue weighted by molar-refractivity contribution is 0.767. The summed E-state index contributed by atoms with van der Waals surface area (Å²) in [5.74, 6) is 0.472. The van der Waals surface area contributed by atoms with Crippen LogP contribution in [-0.2, 0) is 6.54 Å². The quantitative estimate of drug-likeness (QED) is 0.873. The minimum absolute atomic E-state index is 0.472. The zero-order chi connectivity index (χ0) is 12.3. The van der Waals surface area contributed by atoms with Gasteiger partial charge in [-0.25, -0.2) is 4.98 Å². The van der Waals surface area contributed by atoms with Gasteiger partial charge in [0.25, 0.3) is 0 Å². The second-order valence-electron chi connectivity index (χ2n) is 4.50. The van der Waals surface area contributed by atoms with Crippen LogP contribution in [0, 0.1) is 0 Å². The predicted octanol–water partition coefficient (Wildman–Crippen LogP) is 2.72. The average Bonchev–Trinajstić information content (AvgIpc) is 2.79. The Morgan fingerprint density at radius 3 is 2.76 bits per heavy atom. The molecule has 0 aliphatic rings. The van der Waals surface area contributed by atoms with E-state index in [0.717, 1.165) is 6.54 Å². The van der Waals surface area contributed by atoms with Gasteiger partial charge in [0, 0.05) is 18.4 Å². The Bertz CT molecular complexity index is 486. The van der Waals surface area contributed by atoms with Gasteiger partial charge in [-0.15, -0.1) is 0 Å². The Morgan fingerprint density at radius 2 is 2.06 bits per heavy atom. The molecule has 0 saturated carbocycles. The van der Waals surface area contributed by atoms with Crippen molar-refractivity contribution in [1.82, 2.24) is 14.9 Å². The van der Waals surface area contributed by atoms with Crippen LogP contribution in [0.25, 0.3) is 5.69 Å². The van der Waals surface area contributed by atoms with E-state index in [2.05, 4.69) is 53.0 Å². The molecule has 0 saturated heterocycles. The second-order valence-corrected chi connectivity index (χ2v) is 4.50. The molecule has 0 aliphatic carbocycles. The van der Waals surface area contributed by atoms with Crippen molar-refractivity contribution in [3.63, 3.8) is 0 Å². The zero-order valence-corrected chi connectivity index (χ0v) is 10.6. The highest BCUT2D eigenvalue weighted by molar-refractivity contribution is 5.42. The number of para-hydroxylation sites is 1. The van der Waals surface area contributed by atoms with Crippen molar-refractivity contribution in [2.45, 2.75) is 26.3 Å². The van der Waals surface area contributed by atoms with Crippen LogP contribution in [0.4, 0.5) is 0 Å². The fourth-order valence-corrected chi connectivity index (χ4v) is 2.02. The number of hydrogen-bond acceptors (Lipinski definition) is 2. The number of nitrogens with one attached hydrogen (secondary N) is 1. The minimum Gasteiger partial charge on any atom is -0.316 e. The van der Waals surface area contributed by atoms with Crippen LogP contribution in [-0.4, -0.2) is 16.6 Å². The van der Waals surface area contributed by atoms with Crippen molar-refractivity contribution in [3.05, 3.63) is 48.0 Å². The molecule has 1 aromatic heterocycles. The van der Waals surface area contributed by atoms with Gasteiger partial charge in [-0.1, -0.05) is 32.0 Å². The highest BCUT2D eigenvalue weighted by Crippen LogP contribution is 2.21. The van der Waals surface area contributed by atoms with Crippen LogP contribution in [0.3, 0.4) is 0 Å². The number of imidazole rings is 1. The first-order valence-electron chi connectivity index (χ1n) is 5.99. The molecule has 3 heteroatoms. The van der Waals surface area contributed by atoms with E-state index in [0.29, 0.717) is 5.92 Å². The highest BCUT2D eigenvalue weighted by Gasteiger charge is 2.10. The summed E-state index contributed by atoms with van der Waals surface area (Å²) < 4.78 is 2.18. The number of hydrogen-bond donors (Lipinski definition) is 1. The summed E-state index contributed by atoms with van der Waals surface area (Å²) in [6.45, 7) is 5.24. The molecule has 0 aliphatic heterocycles. The zero-order valence-electron chi connectivity index (χ0n) is 10.6. The molecule has 17 heavy (non-hydrogen) atoms. The second kappa shape index (κ2) is 5.15. The van der Waals surface area contributed by atoms with E-state index in [1.54, 1.807) is 0 Å². The molecule has 0 unspecified atom stereocenters. The predicted molar refractivity (Wildman–Crippen MR) is 70.4 cm³/mol. The molecule has 1 N–H and O–H groups in total. The van der Waals surface area contributed by atoms with Crippen molar-refractivity contribution >= 4 is 0 Å². The van der Waals surface area contributed by atoms with E-state index in [1.807, 2.05) is 19.6 Å². The van der Waals surface area contributed by atoms with Crippen molar-refractivity contribution in [3.8, 4) is 5.69 Å². The third-order valence-corrected chi connectivity index (χ3v) is 2.88. The van der Waals surface area contributed by atoms with Gasteiger partial charge >= 0.3 is 0 Å². The van der Waals surface area contributed by atoms with E-state index < -0.39 is 0 Å². The van der Waals surface area contributed by atoms with Gasteiger partial charge in [-0.3, -0.25) is 0 Å². The number of benzene rings is 1. The normalized spacial score (nSPS) is 11.1. The molecule has 2 rings (SSSR count). The molecular weight excluding hydrogens is 210 g/mol. The molecule has 0 radical (unpaired) electrons. The molecular formula is C14H19N3. The summed E-state index contributed by atoms with van der Waals surface area (Å²) in [6.07, 6.45) is 3.84. The Labute approximate surface area is 103 Å². The van der Waals surface area contributed by atoms with Crippen LogP contribution in [0.5, 0.6) is 0 Å². The first kappa shape index (κ1) is 11.9. The van der Waals surface area contributed by atoms with E-state index >= 15 is 0 Å². The van der Waals surface area contributed by atoms with E-state index in [-0.39, 0.29) is 0 Å². The van der Waals surface area contributed by atoms with Crippen LogP contribution in [0.15, 0.2) is 36.8 Å². The van der Waals surface area contributed by atoms with Gasteiger partial charge < -0.3 is 9.88 Å². The summed E-state index contributed by atoms with van der Waals surface area (Å²) in [6, 6.07) is 8.43. The molecule has 1 heterocycles. The Hall–Kier alpha value is -1.61. The molecule has 0 bridgehead atoms. The number of nitrogens with zero attached hydrogens (tertiary/aromatic N) is 2. The lowest BCUT2D eigenvalue weighted by atomic mass is 10.1. The van der Waals surface area contributed by atoms with Gasteiger partial charge in [0.1, 0.15) is 0 Å². The van der Waals surface area contributed by atoms with Crippen LogP contribution in [0.2, 0.25) is 0 Å². The number of aromatic nitrogens is 2. The molecule has 90 valence electrons. The van der Waals surface area contributed by atoms with Crippen LogP contribution >= 0.6 is 0 Å². The summed E-state index contributed by atoms with van der Waals surface area (Å²) in [4.78, 5) is 4.26. The van der Waals surface area contributed by atoms with Crippen LogP contribution in [0.1, 0.15) is 31.0 Å². The highest BCUT2D eigenvalue weighted by atomic mass is 15.1. The lowest BCUT2D eigenvalue weighted by Gasteiger charge is -2.14. The molecule has 2 aromatic rings. The van der Waals surface area contributed by atoms with Crippen molar-refractivity contribution in [2.75, 3.05) is 7.05 Å². The molecule has 0 spiro atoms. The standard InChI is InChI=1S/C14H19N3/c1-11(2)14-9-16-10-17(14)13-7-5-4-6-12(13)8-15-3/h4-7,9-11,15H,8H2,1-3H3. The fourth-order valence-electron chi connectivity index (χ4n) is 2.02. The fraction of sp³-hybridized carbons (Fsp3) is 0.357.